The number of nitro groups is 1. The zero-order valence-corrected chi connectivity index (χ0v) is 14.7. The molecule has 1 saturated heterocycles. The Morgan fingerprint density at radius 2 is 1.96 bits per heavy atom. The summed E-state index contributed by atoms with van der Waals surface area (Å²) in [6.07, 6.45) is 2.01. The molecule has 0 bridgehead atoms. The van der Waals surface area contributed by atoms with Crippen molar-refractivity contribution in [2.45, 2.75) is 31.3 Å². The van der Waals surface area contributed by atoms with Crippen molar-refractivity contribution >= 4 is 27.4 Å². The molecular weight excluding hydrogens is 364 g/mol. The summed E-state index contributed by atoms with van der Waals surface area (Å²) in [6, 6.07) is 4.67. The number of carbonyl (C=O) groups is 2. The van der Waals surface area contributed by atoms with E-state index in [1.807, 2.05) is 0 Å². The zero-order valence-electron chi connectivity index (χ0n) is 13.9. The van der Waals surface area contributed by atoms with Crippen molar-refractivity contribution in [3.05, 3.63) is 39.9 Å². The molecule has 1 aliphatic carbocycles. The average Bonchev–Trinajstić information content (AvgIpc) is 3.36. The number of esters is 1. The fourth-order valence-corrected chi connectivity index (χ4v) is 4.80. The minimum atomic E-state index is -3.13. The molecule has 2 aliphatic rings. The van der Waals surface area contributed by atoms with Crippen LogP contribution in [0.4, 0.5) is 5.69 Å². The molecule has 0 N–H and O–H groups in total. The molecule has 0 unspecified atom stereocenters. The maximum Gasteiger partial charge on any atom is 0.338 e. The van der Waals surface area contributed by atoms with E-state index in [9.17, 15) is 28.1 Å². The largest absolute Gasteiger partial charge is 0.452 e. The predicted octanol–water partition coefficient (Wildman–Crippen LogP) is 0.930. The summed E-state index contributed by atoms with van der Waals surface area (Å²) in [7, 11) is -3.13. The zero-order chi connectivity index (χ0) is 18.9. The molecule has 10 heteroatoms. The standard InChI is InChI=1S/C16H18N2O7S/c19-15(17(12-4-5-12)14-6-7-26(23,24)10-14)9-25-16(20)11-2-1-3-13(8-11)18(21)22/h1-3,8,12,14H,4-7,9-10H2/t14-/m1/s1. The topological polar surface area (TPSA) is 124 Å². The van der Waals surface area contributed by atoms with Crippen LogP contribution in [0.25, 0.3) is 0 Å². The third-order valence-electron chi connectivity index (χ3n) is 4.45. The van der Waals surface area contributed by atoms with Gasteiger partial charge in [0.1, 0.15) is 0 Å². The van der Waals surface area contributed by atoms with E-state index >= 15 is 0 Å². The van der Waals surface area contributed by atoms with Gasteiger partial charge in [0.2, 0.25) is 0 Å². The summed E-state index contributed by atoms with van der Waals surface area (Å²) in [6.45, 7) is -0.519. The van der Waals surface area contributed by atoms with Gasteiger partial charge in [-0.05, 0) is 25.3 Å². The number of ether oxygens (including phenoxy) is 1. The Morgan fingerprint density at radius 3 is 2.54 bits per heavy atom. The first-order valence-electron chi connectivity index (χ1n) is 8.20. The summed E-state index contributed by atoms with van der Waals surface area (Å²) in [5.74, 6) is -1.28. The van der Waals surface area contributed by atoms with Crippen molar-refractivity contribution < 1.29 is 27.7 Å². The summed E-state index contributed by atoms with van der Waals surface area (Å²) >= 11 is 0. The van der Waals surface area contributed by atoms with Crippen molar-refractivity contribution in [3.63, 3.8) is 0 Å². The molecule has 0 spiro atoms. The van der Waals surface area contributed by atoms with Crippen LogP contribution in [0.15, 0.2) is 24.3 Å². The van der Waals surface area contributed by atoms with Crippen LogP contribution in [0.1, 0.15) is 29.6 Å². The lowest BCUT2D eigenvalue weighted by molar-refractivity contribution is -0.384. The van der Waals surface area contributed by atoms with E-state index in [2.05, 4.69) is 0 Å². The molecule has 1 saturated carbocycles. The number of non-ortho nitro benzene ring substituents is 1. The lowest BCUT2D eigenvalue weighted by atomic mass is 10.2. The van der Waals surface area contributed by atoms with Crippen LogP contribution in [0.5, 0.6) is 0 Å². The molecule has 1 aromatic carbocycles. The molecule has 2 fully saturated rings. The van der Waals surface area contributed by atoms with Crippen LogP contribution in [0, 0.1) is 10.1 Å². The molecule has 1 amide bonds. The van der Waals surface area contributed by atoms with Crippen LogP contribution < -0.4 is 0 Å². The van der Waals surface area contributed by atoms with Crippen molar-refractivity contribution in [3.8, 4) is 0 Å². The Labute approximate surface area is 150 Å². The van der Waals surface area contributed by atoms with Gasteiger partial charge in [-0.2, -0.15) is 0 Å². The SMILES string of the molecule is O=C(OCC(=O)N(C1CC1)[C@@H]1CCS(=O)(=O)C1)c1cccc([N+](=O)[O-])c1. The lowest BCUT2D eigenvalue weighted by Gasteiger charge is -2.28. The minimum absolute atomic E-state index is 0.00249. The monoisotopic (exact) mass is 382 g/mol. The highest BCUT2D eigenvalue weighted by Gasteiger charge is 2.42. The number of amides is 1. The number of rotatable bonds is 6. The van der Waals surface area contributed by atoms with Gasteiger partial charge < -0.3 is 9.64 Å². The Kier molecular flexibility index (Phi) is 4.94. The number of hydrogen-bond acceptors (Lipinski definition) is 7. The van der Waals surface area contributed by atoms with Crippen LogP contribution in [-0.2, 0) is 19.4 Å². The molecule has 1 heterocycles. The number of carbonyl (C=O) groups excluding carboxylic acids is 2. The molecule has 0 aromatic heterocycles. The van der Waals surface area contributed by atoms with Gasteiger partial charge in [0.05, 0.1) is 22.0 Å². The van der Waals surface area contributed by atoms with Gasteiger partial charge in [0, 0.05) is 24.2 Å². The number of nitrogens with zero attached hydrogens (tertiary/aromatic N) is 2. The molecular formula is C16H18N2O7S. The quantitative estimate of drug-likeness (QED) is 0.407. The predicted molar refractivity (Wildman–Crippen MR) is 90.3 cm³/mol. The molecule has 3 rings (SSSR count). The van der Waals surface area contributed by atoms with E-state index in [4.69, 9.17) is 4.74 Å². The first-order chi connectivity index (χ1) is 12.3. The normalized spacial score (nSPS) is 21.2. The highest BCUT2D eigenvalue weighted by Crippen LogP contribution is 2.32. The maximum atomic E-state index is 12.5. The highest BCUT2D eigenvalue weighted by atomic mass is 32.2. The van der Waals surface area contributed by atoms with E-state index in [1.54, 1.807) is 0 Å². The third-order valence-corrected chi connectivity index (χ3v) is 6.20. The second kappa shape index (κ2) is 7.02. The van der Waals surface area contributed by atoms with Crippen LogP contribution in [-0.4, -0.2) is 60.3 Å². The van der Waals surface area contributed by atoms with Crippen molar-refractivity contribution in [2.24, 2.45) is 0 Å². The molecule has 0 radical (unpaired) electrons. The fourth-order valence-electron chi connectivity index (χ4n) is 3.08. The molecule has 26 heavy (non-hydrogen) atoms. The Hall–Kier alpha value is -2.49. The lowest BCUT2D eigenvalue weighted by Crippen LogP contribution is -2.44. The molecule has 1 aliphatic heterocycles. The smallest absolute Gasteiger partial charge is 0.338 e. The maximum absolute atomic E-state index is 12.5. The van der Waals surface area contributed by atoms with Crippen molar-refractivity contribution in [1.82, 2.24) is 4.90 Å². The summed E-state index contributed by atoms with van der Waals surface area (Å²) in [5.41, 5.74) is -0.269. The second-order valence-electron chi connectivity index (χ2n) is 6.47. The van der Waals surface area contributed by atoms with E-state index in [0.717, 1.165) is 18.9 Å². The number of benzene rings is 1. The van der Waals surface area contributed by atoms with Gasteiger partial charge in [-0.25, -0.2) is 13.2 Å². The van der Waals surface area contributed by atoms with Crippen LogP contribution in [0.3, 0.4) is 0 Å². The number of sulfone groups is 1. The molecule has 1 atom stereocenters. The highest BCUT2D eigenvalue weighted by molar-refractivity contribution is 7.91. The van der Waals surface area contributed by atoms with Gasteiger partial charge in [0.15, 0.2) is 16.4 Å². The van der Waals surface area contributed by atoms with E-state index in [-0.39, 0.29) is 34.8 Å². The first kappa shape index (κ1) is 18.3. The molecule has 9 nitrogen and oxygen atoms in total. The molecule has 140 valence electrons. The van der Waals surface area contributed by atoms with E-state index in [1.165, 1.54) is 23.1 Å². The van der Waals surface area contributed by atoms with Gasteiger partial charge in [-0.1, -0.05) is 6.07 Å². The van der Waals surface area contributed by atoms with Gasteiger partial charge >= 0.3 is 5.97 Å². The van der Waals surface area contributed by atoms with E-state index < -0.39 is 33.2 Å². The summed E-state index contributed by atoms with van der Waals surface area (Å²) in [4.78, 5) is 36.2. The van der Waals surface area contributed by atoms with Crippen LogP contribution >= 0.6 is 0 Å². The van der Waals surface area contributed by atoms with Crippen LogP contribution in [0.2, 0.25) is 0 Å². The van der Waals surface area contributed by atoms with Gasteiger partial charge in [0.25, 0.3) is 11.6 Å². The summed E-state index contributed by atoms with van der Waals surface area (Å²) < 4.78 is 28.3. The Bertz CT molecular complexity index is 848. The number of nitro benzene ring substituents is 1. The molecule has 1 aromatic rings. The third kappa shape index (κ3) is 4.18. The average molecular weight is 382 g/mol. The van der Waals surface area contributed by atoms with Crippen molar-refractivity contribution in [1.29, 1.82) is 0 Å². The van der Waals surface area contributed by atoms with Gasteiger partial charge in [-0.3, -0.25) is 14.9 Å². The summed E-state index contributed by atoms with van der Waals surface area (Å²) in [5, 5.41) is 10.8. The second-order valence-corrected chi connectivity index (χ2v) is 8.70. The minimum Gasteiger partial charge on any atom is -0.452 e. The van der Waals surface area contributed by atoms with Gasteiger partial charge in [-0.15, -0.1) is 0 Å². The Balaban J connectivity index is 1.62. The van der Waals surface area contributed by atoms with Crippen molar-refractivity contribution in [2.75, 3.05) is 18.1 Å². The number of hydrogen-bond donors (Lipinski definition) is 0. The Morgan fingerprint density at radius 1 is 1.23 bits per heavy atom. The first-order valence-corrected chi connectivity index (χ1v) is 10.0. The fraction of sp³-hybridized carbons (Fsp3) is 0.500. The van der Waals surface area contributed by atoms with E-state index in [0.29, 0.717) is 6.42 Å².